The summed E-state index contributed by atoms with van der Waals surface area (Å²) in [5, 5.41) is 3.20. The molecule has 0 bridgehead atoms. The largest absolute Gasteiger partial charge is 0.484 e. The van der Waals surface area contributed by atoms with E-state index in [-0.39, 0.29) is 30.1 Å². The van der Waals surface area contributed by atoms with Crippen LogP contribution >= 0.6 is 0 Å². The number of methoxy groups -OCH3 is 1. The molecule has 1 aliphatic heterocycles. The summed E-state index contributed by atoms with van der Waals surface area (Å²) < 4.78 is 46.6. The van der Waals surface area contributed by atoms with Crippen LogP contribution in [0.3, 0.4) is 0 Å². The number of benzene rings is 1. The molecule has 1 aliphatic rings. The Hall–Kier alpha value is -2.45. The smallest absolute Gasteiger partial charge is 0.422 e. The lowest BCUT2D eigenvalue weighted by molar-refractivity contribution is -0.153. The van der Waals surface area contributed by atoms with E-state index in [1.165, 1.54) is 13.2 Å². The Balaban J connectivity index is 2.06. The van der Waals surface area contributed by atoms with E-state index in [4.69, 9.17) is 9.47 Å². The minimum absolute atomic E-state index is 0.135. The molecular formula is C19H26F3N3O3. The van der Waals surface area contributed by atoms with Crippen molar-refractivity contribution in [2.45, 2.75) is 26.6 Å². The number of alkyl halides is 3. The number of nitrogens with zero attached hydrogens (tertiary/aromatic N) is 2. The first-order chi connectivity index (χ1) is 13.2. The van der Waals surface area contributed by atoms with Crippen LogP contribution in [0.25, 0.3) is 0 Å². The third-order valence-corrected chi connectivity index (χ3v) is 4.46. The molecule has 2 atom stereocenters. The van der Waals surface area contributed by atoms with Gasteiger partial charge < -0.3 is 19.7 Å². The highest BCUT2D eigenvalue weighted by Crippen LogP contribution is 2.24. The summed E-state index contributed by atoms with van der Waals surface area (Å²) in [6, 6.07) is 6.43. The molecule has 1 N–H and O–H groups in total. The minimum atomic E-state index is -4.38. The van der Waals surface area contributed by atoms with E-state index in [9.17, 15) is 18.0 Å². The Morgan fingerprint density at radius 3 is 2.75 bits per heavy atom. The summed E-state index contributed by atoms with van der Waals surface area (Å²) in [4.78, 5) is 18.5. The van der Waals surface area contributed by atoms with Crippen molar-refractivity contribution in [3.05, 3.63) is 29.8 Å². The lowest BCUT2D eigenvalue weighted by atomic mass is 9.99. The molecule has 0 spiro atoms. The van der Waals surface area contributed by atoms with E-state index >= 15 is 0 Å². The van der Waals surface area contributed by atoms with Crippen LogP contribution in [0.1, 0.15) is 19.4 Å². The molecule has 1 heterocycles. The maximum absolute atomic E-state index is 12.3. The van der Waals surface area contributed by atoms with Crippen molar-refractivity contribution in [1.82, 2.24) is 10.2 Å². The van der Waals surface area contributed by atoms with Gasteiger partial charge in [-0.1, -0.05) is 19.1 Å². The van der Waals surface area contributed by atoms with Crippen LogP contribution in [0.15, 0.2) is 29.3 Å². The van der Waals surface area contributed by atoms with Gasteiger partial charge in [-0.3, -0.25) is 4.79 Å². The lowest BCUT2D eigenvalue weighted by Gasteiger charge is -2.21. The Labute approximate surface area is 162 Å². The number of esters is 1. The van der Waals surface area contributed by atoms with Gasteiger partial charge in [0.1, 0.15) is 5.75 Å². The number of carbonyl (C=O) groups excluding carboxylic acids is 1. The molecule has 6 nitrogen and oxygen atoms in total. The van der Waals surface area contributed by atoms with Crippen LogP contribution in [-0.2, 0) is 16.1 Å². The van der Waals surface area contributed by atoms with Crippen LogP contribution < -0.4 is 10.1 Å². The predicted octanol–water partition coefficient (Wildman–Crippen LogP) is 2.83. The van der Waals surface area contributed by atoms with E-state index in [2.05, 4.69) is 10.3 Å². The zero-order valence-electron chi connectivity index (χ0n) is 16.3. The Bertz CT molecular complexity index is 694. The number of carbonyl (C=O) groups is 1. The fraction of sp³-hybridized carbons (Fsp3) is 0.579. The molecule has 1 aromatic rings. The topological polar surface area (TPSA) is 63.2 Å². The monoisotopic (exact) mass is 401 g/mol. The predicted molar refractivity (Wildman–Crippen MR) is 99.1 cm³/mol. The molecule has 1 fully saturated rings. The molecule has 0 amide bonds. The molecule has 28 heavy (non-hydrogen) atoms. The van der Waals surface area contributed by atoms with Crippen LogP contribution in [-0.4, -0.2) is 56.4 Å². The molecule has 0 radical (unpaired) electrons. The normalized spacial score (nSPS) is 20.2. The van der Waals surface area contributed by atoms with Crippen LogP contribution in [0.4, 0.5) is 13.2 Å². The van der Waals surface area contributed by atoms with Gasteiger partial charge in [-0.15, -0.1) is 0 Å². The standard InChI is InChI=1S/C19H26F3N3O3/c1-4-23-18(25-10-13(2)16(11-25)17(26)27-3)24-9-14-6-5-7-15(8-14)28-12-19(20,21)22/h5-8,13,16H,4,9-12H2,1-3H3,(H,23,24). The van der Waals surface area contributed by atoms with E-state index in [1.54, 1.807) is 18.2 Å². The summed E-state index contributed by atoms with van der Waals surface area (Å²) >= 11 is 0. The number of ether oxygens (including phenoxy) is 2. The highest BCUT2D eigenvalue weighted by atomic mass is 19.4. The zero-order valence-corrected chi connectivity index (χ0v) is 16.3. The van der Waals surface area contributed by atoms with Crippen molar-refractivity contribution >= 4 is 11.9 Å². The van der Waals surface area contributed by atoms with Gasteiger partial charge in [0.2, 0.25) is 0 Å². The Morgan fingerprint density at radius 1 is 1.36 bits per heavy atom. The first-order valence-electron chi connectivity index (χ1n) is 9.13. The number of guanidine groups is 1. The number of likely N-dealkylation sites (tertiary alicyclic amines) is 1. The molecule has 0 aliphatic carbocycles. The van der Waals surface area contributed by atoms with Gasteiger partial charge in [0.15, 0.2) is 12.6 Å². The quantitative estimate of drug-likeness (QED) is 0.451. The first kappa shape index (κ1) is 21.8. The molecule has 0 saturated carbocycles. The van der Waals surface area contributed by atoms with Gasteiger partial charge in [0.25, 0.3) is 0 Å². The van der Waals surface area contributed by atoms with E-state index in [0.717, 1.165) is 5.56 Å². The molecule has 2 unspecified atom stereocenters. The summed E-state index contributed by atoms with van der Waals surface area (Å²) in [5.41, 5.74) is 0.729. The fourth-order valence-corrected chi connectivity index (χ4v) is 3.09. The zero-order chi connectivity index (χ0) is 20.7. The minimum Gasteiger partial charge on any atom is -0.484 e. The van der Waals surface area contributed by atoms with Gasteiger partial charge in [-0.05, 0) is 30.5 Å². The lowest BCUT2D eigenvalue weighted by Crippen LogP contribution is -2.40. The van der Waals surface area contributed by atoms with Crippen molar-refractivity contribution in [3.63, 3.8) is 0 Å². The number of nitrogens with one attached hydrogen (secondary N) is 1. The number of hydrogen-bond acceptors (Lipinski definition) is 4. The second kappa shape index (κ2) is 9.66. The maximum atomic E-state index is 12.3. The highest BCUT2D eigenvalue weighted by Gasteiger charge is 2.36. The summed E-state index contributed by atoms with van der Waals surface area (Å²) in [7, 11) is 1.38. The van der Waals surface area contributed by atoms with Crippen molar-refractivity contribution in [3.8, 4) is 5.75 Å². The fourth-order valence-electron chi connectivity index (χ4n) is 3.09. The third kappa shape index (κ3) is 6.31. The molecule has 1 saturated heterocycles. The SMILES string of the molecule is CCNC(=NCc1cccc(OCC(F)(F)F)c1)N1CC(C)C(C(=O)OC)C1. The van der Waals surface area contributed by atoms with Gasteiger partial charge in [-0.2, -0.15) is 13.2 Å². The Kier molecular flexibility index (Phi) is 7.53. The summed E-state index contributed by atoms with van der Waals surface area (Å²) in [5.74, 6) is 0.488. The second-order valence-corrected chi connectivity index (χ2v) is 6.73. The van der Waals surface area contributed by atoms with Gasteiger partial charge in [0, 0.05) is 19.6 Å². The average Bonchev–Trinajstić information content (AvgIpc) is 3.04. The van der Waals surface area contributed by atoms with Crippen molar-refractivity contribution in [1.29, 1.82) is 0 Å². The van der Waals surface area contributed by atoms with Crippen molar-refractivity contribution in [2.75, 3.05) is 33.4 Å². The molecular weight excluding hydrogens is 375 g/mol. The van der Waals surface area contributed by atoms with Crippen LogP contribution in [0.2, 0.25) is 0 Å². The van der Waals surface area contributed by atoms with E-state index in [1.807, 2.05) is 18.7 Å². The highest BCUT2D eigenvalue weighted by molar-refractivity contribution is 5.82. The number of rotatable bonds is 6. The second-order valence-electron chi connectivity index (χ2n) is 6.73. The average molecular weight is 401 g/mol. The van der Waals surface area contributed by atoms with Gasteiger partial charge in [0.05, 0.1) is 19.6 Å². The van der Waals surface area contributed by atoms with Crippen LogP contribution in [0, 0.1) is 11.8 Å². The molecule has 1 aromatic carbocycles. The third-order valence-electron chi connectivity index (χ3n) is 4.46. The Morgan fingerprint density at radius 2 is 2.11 bits per heavy atom. The number of hydrogen-bond donors (Lipinski definition) is 1. The molecule has 9 heteroatoms. The van der Waals surface area contributed by atoms with Crippen molar-refractivity contribution < 1.29 is 27.4 Å². The summed E-state index contributed by atoms with van der Waals surface area (Å²) in [6.07, 6.45) is -4.38. The first-order valence-corrected chi connectivity index (χ1v) is 9.13. The van der Waals surface area contributed by atoms with Crippen molar-refractivity contribution in [2.24, 2.45) is 16.8 Å². The van der Waals surface area contributed by atoms with E-state index < -0.39 is 12.8 Å². The molecule has 0 aromatic heterocycles. The maximum Gasteiger partial charge on any atom is 0.422 e. The summed E-state index contributed by atoms with van der Waals surface area (Å²) in [6.45, 7) is 4.71. The van der Waals surface area contributed by atoms with Gasteiger partial charge >= 0.3 is 12.1 Å². The number of aliphatic imine (C=N–C) groups is 1. The van der Waals surface area contributed by atoms with Crippen LogP contribution in [0.5, 0.6) is 5.75 Å². The number of halogens is 3. The van der Waals surface area contributed by atoms with Gasteiger partial charge in [-0.25, -0.2) is 4.99 Å². The molecule has 156 valence electrons. The molecule has 2 rings (SSSR count). The van der Waals surface area contributed by atoms with E-state index in [0.29, 0.717) is 25.6 Å².